The number of ether oxygens (including phenoxy) is 2. The van der Waals surface area contributed by atoms with Gasteiger partial charge in [0.2, 0.25) is 5.91 Å². The maximum Gasteiger partial charge on any atom is 0.410 e. The number of carbonyl (C=O) groups excluding carboxylic acids is 3. The molecule has 1 N–H and O–H groups in total. The second kappa shape index (κ2) is 10.0. The normalized spacial score (nSPS) is 22.1. The Bertz CT molecular complexity index is 1070. The van der Waals surface area contributed by atoms with E-state index in [-0.39, 0.29) is 31.5 Å². The molecule has 0 saturated carbocycles. The minimum atomic E-state index is -1.00. The first-order valence-electron chi connectivity index (χ1n) is 11.6. The molecule has 2 aromatic rings. The first kappa shape index (κ1) is 24.7. The Balaban J connectivity index is 1.50. The zero-order valence-corrected chi connectivity index (χ0v) is 20.1. The van der Waals surface area contributed by atoms with Crippen LogP contribution in [-0.2, 0) is 25.6 Å². The smallest absolute Gasteiger partial charge is 0.410 e. The summed E-state index contributed by atoms with van der Waals surface area (Å²) in [7, 11) is 0. The van der Waals surface area contributed by atoms with Gasteiger partial charge in [-0.2, -0.15) is 0 Å². The molecular formula is C26H30FN3O5. The summed E-state index contributed by atoms with van der Waals surface area (Å²) in [5.41, 5.74) is 0.717. The van der Waals surface area contributed by atoms with Crippen molar-refractivity contribution in [3.8, 4) is 0 Å². The summed E-state index contributed by atoms with van der Waals surface area (Å²) >= 11 is 0. The summed E-state index contributed by atoms with van der Waals surface area (Å²) in [6.45, 7) is 6.27. The van der Waals surface area contributed by atoms with Gasteiger partial charge in [0, 0.05) is 18.8 Å². The zero-order valence-electron chi connectivity index (χ0n) is 20.1. The summed E-state index contributed by atoms with van der Waals surface area (Å²) in [5, 5.41) is 2.67. The van der Waals surface area contributed by atoms with Crippen LogP contribution in [0, 0.1) is 5.82 Å². The van der Waals surface area contributed by atoms with E-state index in [2.05, 4.69) is 5.32 Å². The molecular weight excluding hydrogens is 453 g/mol. The van der Waals surface area contributed by atoms with Crippen LogP contribution in [0.4, 0.5) is 14.9 Å². The Morgan fingerprint density at radius 3 is 2.43 bits per heavy atom. The summed E-state index contributed by atoms with van der Waals surface area (Å²) in [4.78, 5) is 42.0. The number of benzene rings is 2. The highest BCUT2D eigenvalue weighted by atomic mass is 19.1. The van der Waals surface area contributed by atoms with Gasteiger partial charge in [0.25, 0.3) is 5.91 Å². The van der Waals surface area contributed by atoms with Crippen LogP contribution in [0.2, 0.25) is 0 Å². The Hall–Kier alpha value is -3.46. The van der Waals surface area contributed by atoms with Crippen molar-refractivity contribution in [2.75, 3.05) is 18.4 Å². The summed E-state index contributed by atoms with van der Waals surface area (Å²) in [6.07, 6.45) is -2.11. The summed E-state index contributed by atoms with van der Waals surface area (Å²) in [5.74, 6) is -1.14. The molecule has 2 aliphatic heterocycles. The van der Waals surface area contributed by atoms with Gasteiger partial charge in [-0.3, -0.25) is 9.59 Å². The fourth-order valence-electron chi connectivity index (χ4n) is 4.31. The number of anilines is 1. The number of morpholine rings is 1. The zero-order chi connectivity index (χ0) is 25.2. The van der Waals surface area contributed by atoms with Gasteiger partial charge >= 0.3 is 6.09 Å². The topological polar surface area (TPSA) is 88.2 Å². The van der Waals surface area contributed by atoms with Gasteiger partial charge in [-0.05, 0) is 50.6 Å². The van der Waals surface area contributed by atoms with Gasteiger partial charge in [-0.25, -0.2) is 9.18 Å². The maximum atomic E-state index is 13.4. The molecule has 0 bridgehead atoms. The largest absolute Gasteiger partial charge is 0.444 e. The molecule has 2 aliphatic rings. The van der Waals surface area contributed by atoms with Gasteiger partial charge in [-0.1, -0.05) is 30.3 Å². The number of nitrogens with one attached hydrogen (secondary N) is 1. The van der Waals surface area contributed by atoms with Crippen LogP contribution >= 0.6 is 0 Å². The maximum absolute atomic E-state index is 13.4. The predicted octanol–water partition coefficient (Wildman–Crippen LogP) is 3.57. The van der Waals surface area contributed by atoms with E-state index < -0.39 is 35.6 Å². The van der Waals surface area contributed by atoms with E-state index in [1.54, 1.807) is 30.6 Å². The highest BCUT2D eigenvalue weighted by Crippen LogP contribution is 2.30. The number of carbonyl (C=O) groups is 3. The van der Waals surface area contributed by atoms with Crippen LogP contribution < -0.4 is 5.32 Å². The van der Waals surface area contributed by atoms with Crippen LogP contribution in [0.15, 0.2) is 54.6 Å². The van der Waals surface area contributed by atoms with E-state index in [0.717, 1.165) is 5.56 Å². The lowest BCUT2D eigenvalue weighted by atomic mass is 10.0. The molecule has 35 heavy (non-hydrogen) atoms. The van der Waals surface area contributed by atoms with Gasteiger partial charge in [-0.15, -0.1) is 0 Å². The van der Waals surface area contributed by atoms with E-state index in [0.29, 0.717) is 12.2 Å². The number of hydrogen-bond acceptors (Lipinski definition) is 5. The number of likely N-dealkylation sites (tertiary alicyclic amines) is 1. The number of rotatable bonds is 5. The van der Waals surface area contributed by atoms with Crippen molar-refractivity contribution < 1.29 is 28.2 Å². The quantitative estimate of drug-likeness (QED) is 0.703. The van der Waals surface area contributed by atoms with Gasteiger partial charge < -0.3 is 24.6 Å². The van der Waals surface area contributed by atoms with Crippen molar-refractivity contribution in [3.05, 3.63) is 66.0 Å². The van der Waals surface area contributed by atoms with Crippen LogP contribution in [0.25, 0.3) is 0 Å². The third kappa shape index (κ3) is 6.16. The minimum Gasteiger partial charge on any atom is -0.444 e. The van der Waals surface area contributed by atoms with Crippen LogP contribution in [-0.4, -0.2) is 64.6 Å². The first-order chi connectivity index (χ1) is 16.6. The highest BCUT2D eigenvalue weighted by molar-refractivity contribution is 5.95. The molecule has 4 rings (SSSR count). The minimum absolute atomic E-state index is 0.197. The molecule has 8 nitrogen and oxygen atoms in total. The lowest BCUT2D eigenvalue weighted by molar-refractivity contribution is -0.169. The standard InChI is InChI=1S/C26H30FN3O5/c1-26(2,3)35-25(33)29-15-20-22(16-29)34-21(13-23(31)28-19-11-9-18(27)10-12-19)24(32)30(20)14-17-7-5-4-6-8-17/h4-12,20-22H,13-16H2,1-3H3,(H,28,31). The van der Waals surface area contributed by atoms with Crippen LogP contribution in [0.1, 0.15) is 32.8 Å². The molecule has 2 saturated heterocycles. The average molecular weight is 484 g/mol. The molecule has 0 aromatic heterocycles. The fraction of sp³-hybridized carbons (Fsp3) is 0.423. The second-order valence-corrected chi connectivity index (χ2v) is 9.83. The predicted molar refractivity (Wildman–Crippen MR) is 127 cm³/mol. The van der Waals surface area contributed by atoms with Crippen molar-refractivity contribution >= 4 is 23.6 Å². The number of fused-ring (bicyclic) bond motifs is 1. The number of hydrogen-bond donors (Lipinski definition) is 1. The van der Waals surface area contributed by atoms with E-state index >= 15 is 0 Å². The third-order valence-electron chi connectivity index (χ3n) is 5.88. The molecule has 2 fully saturated rings. The molecule has 3 atom stereocenters. The third-order valence-corrected chi connectivity index (χ3v) is 5.88. The Kier molecular flexibility index (Phi) is 7.07. The molecule has 0 radical (unpaired) electrons. The van der Waals surface area contributed by atoms with E-state index in [1.807, 2.05) is 30.3 Å². The highest BCUT2D eigenvalue weighted by Gasteiger charge is 2.49. The monoisotopic (exact) mass is 483 g/mol. The lowest BCUT2D eigenvalue weighted by Crippen LogP contribution is -2.58. The van der Waals surface area contributed by atoms with Crippen molar-refractivity contribution in [3.63, 3.8) is 0 Å². The number of halogens is 1. The van der Waals surface area contributed by atoms with Crippen molar-refractivity contribution in [1.29, 1.82) is 0 Å². The molecule has 0 spiro atoms. The van der Waals surface area contributed by atoms with Crippen molar-refractivity contribution in [2.24, 2.45) is 0 Å². The van der Waals surface area contributed by atoms with Crippen LogP contribution in [0.3, 0.4) is 0 Å². The summed E-state index contributed by atoms with van der Waals surface area (Å²) < 4.78 is 24.7. The second-order valence-electron chi connectivity index (χ2n) is 9.83. The van der Waals surface area contributed by atoms with E-state index in [9.17, 15) is 18.8 Å². The van der Waals surface area contributed by atoms with Gasteiger partial charge in [0.1, 0.15) is 17.5 Å². The van der Waals surface area contributed by atoms with Gasteiger partial charge in [0.05, 0.1) is 25.1 Å². The fourth-order valence-corrected chi connectivity index (χ4v) is 4.31. The lowest BCUT2D eigenvalue weighted by Gasteiger charge is -2.40. The van der Waals surface area contributed by atoms with Crippen molar-refractivity contribution in [2.45, 2.75) is 57.6 Å². The SMILES string of the molecule is CC(C)(C)OC(=O)N1CC2OC(CC(=O)Nc3ccc(F)cc3)C(=O)N(Cc3ccccc3)C2C1. The Labute approximate surface area is 204 Å². The molecule has 3 unspecified atom stereocenters. The number of amides is 3. The van der Waals surface area contributed by atoms with Gasteiger partial charge in [0.15, 0.2) is 0 Å². The Morgan fingerprint density at radius 1 is 1.09 bits per heavy atom. The number of nitrogens with zero attached hydrogens (tertiary/aromatic N) is 2. The van der Waals surface area contributed by atoms with E-state index in [4.69, 9.17) is 9.47 Å². The molecule has 0 aliphatic carbocycles. The van der Waals surface area contributed by atoms with E-state index in [1.165, 1.54) is 24.3 Å². The van der Waals surface area contributed by atoms with Crippen molar-refractivity contribution in [1.82, 2.24) is 9.80 Å². The Morgan fingerprint density at radius 2 is 1.77 bits per heavy atom. The molecule has 3 amide bonds. The molecule has 2 aromatic carbocycles. The molecule has 9 heteroatoms. The molecule has 2 heterocycles. The molecule has 186 valence electrons. The first-order valence-corrected chi connectivity index (χ1v) is 11.6. The average Bonchev–Trinajstić information content (AvgIpc) is 3.22. The summed E-state index contributed by atoms with van der Waals surface area (Å²) in [6, 6.07) is 14.6. The van der Waals surface area contributed by atoms with Crippen LogP contribution in [0.5, 0.6) is 0 Å².